The van der Waals surface area contributed by atoms with E-state index in [2.05, 4.69) is 0 Å². The van der Waals surface area contributed by atoms with Gasteiger partial charge in [-0.2, -0.15) is 0 Å². The van der Waals surface area contributed by atoms with Crippen molar-refractivity contribution in [3.05, 3.63) is 53.1 Å². The van der Waals surface area contributed by atoms with Gasteiger partial charge in [0.1, 0.15) is 0 Å². The van der Waals surface area contributed by atoms with Crippen LogP contribution in [0.2, 0.25) is 5.02 Å². The summed E-state index contributed by atoms with van der Waals surface area (Å²) in [5, 5.41) is 0.559. The van der Waals surface area contributed by atoms with Gasteiger partial charge in [-0.15, -0.1) is 0 Å². The van der Waals surface area contributed by atoms with Gasteiger partial charge >= 0.3 is 0 Å². The van der Waals surface area contributed by atoms with Crippen LogP contribution >= 0.6 is 11.6 Å². The van der Waals surface area contributed by atoms with E-state index < -0.39 is 10.0 Å². The zero-order valence-electron chi connectivity index (χ0n) is 13.1. The van der Waals surface area contributed by atoms with Crippen LogP contribution in [-0.2, 0) is 16.6 Å². The molecule has 0 heterocycles. The number of methoxy groups -OCH3 is 2. The predicted molar refractivity (Wildman–Crippen MR) is 92.0 cm³/mol. The summed E-state index contributed by atoms with van der Waals surface area (Å²) in [4.78, 5) is 0. The molecule has 0 aliphatic rings. The minimum absolute atomic E-state index is 0.175. The van der Waals surface area contributed by atoms with E-state index in [4.69, 9.17) is 21.1 Å². The number of anilines is 1. The van der Waals surface area contributed by atoms with Crippen LogP contribution in [0.25, 0.3) is 0 Å². The quantitative estimate of drug-likeness (QED) is 0.797. The van der Waals surface area contributed by atoms with Crippen molar-refractivity contribution in [1.29, 1.82) is 0 Å². The highest BCUT2D eigenvalue weighted by Gasteiger charge is 2.19. The second-order valence-electron chi connectivity index (χ2n) is 4.94. The molecule has 0 amide bonds. The average molecular weight is 356 g/mol. The molecule has 0 saturated heterocycles. The van der Waals surface area contributed by atoms with Crippen molar-refractivity contribution in [3.63, 3.8) is 0 Å². The molecule has 0 atom stereocenters. The number of halogens is 1. The summed E-state index contributed by atoms with van der Waals surface area (Å²) in [5.41, 5.74) is 1.28. The predicted octanol–water partition coefficient (Wildman–Crippen LogP) is 3.32. The Bertz CT molecular complexity index is 792. The normalized spacial score (nSPS) is 11.1. The van der Waals surface area contributed by atoms with E-state index in [0.29, 0.717) is 22.2 Å². The second-order valence-corrected chi connectivity index (χ2v) is 7.28. The summed E-state index contributed by atoms with van der Waals surface area (Å²) < 4.78 is 36.1. The van der Waals surface area contributed by atoms with Crippen LogP contribution in [0.3, 0.4) is 0 Å². The molecule has 0 aliphatic heterocycles. The van der Waals surface area contributed by atoms with Crippen LogP contribution in [0.4, 0.5) is 5.69 Å². The molecule has 0 aromatic heterocycles. The van der Waals surface area contributed by atoms with Crippen LogP contribution in [0.5, 0.6) is 11.5 Å². The van der Waals surface area contributed by atoms with E-state index in [1.807, 2.05) is 6.07 Å². The van der Waals surface area contributed by atoms with Crippen LogP contribution < -0.4 is 13.8 Å². The summed E-state index contributed by atoms with van der Waals surface area (Å²) >= 11 is 5.97. The Morgan fingerprint density at radius 3 is 2.30 bits per heavy atom. The first kappa shape index (κ1) is 17.4. The highest BCUT2D eigenvalue weighted by molar-refractivity contribution is 7.92. The van der Waals surface area contributed by atoms with Crippen LogP contribution in [-0.4, -0.2) is 28.9 Å². The Labute approximate surface area is 141 Å². The zero-order chi connectivity index (χ0) is 17.0. The largest absolute Gasteiger partial charge is 0.493 e. The van der Waals surface area contributed by atoms with Gasteiger partial charge in [-0.1, -0.05) is 23.7 Å². The topological polar surface area (TPSA) is 55.8 Å². The third kappa shape index (κ3) is 4.30. The molecular weight excluding hydrogens is 338 g/mol. The Balaban J connectivity index is 2.44. The Morgan fingerprint density at radius 1 is 1.04 bits per heavy atom. The summed E-state index contributed by atoms with van der Waals surface area (Å²) in [6, 6.07) is 12.1. The fourth-order valence-electron chi connectivity index (χ4n) is 2.18. The first-order chi connectivity index (χ1) is 10.8. The summed E-state index contributed by atoms with van der Waals surface area (Å²) in [7, 11) is -0.451. The second kappa shape index (κ2) is 7.10. The van der Waals surface area contributed by atoms with E-state index in [-0.39, 0.29) is 6.54 Å². The molecule has 0 aliphatic carbocycles. The zero-order valence-corrected chi connectivity index (χ0v) is 14.7. The van der Waals surface area contributed by atoms with Gasteiger partial charge in [0.15, 0.2) is 11.5 Å². The van der Waals surface area contributed by atoms with E-state index in [9.17, 15) is 8.42 Å². The number of ether oxygens (including phenoxy) is 2. The van der Waals surface area contributed by atoms with Gasteiger partial charge in [0.2, 0.25) is 10.0 Å². The Hall–Kier alpha value is -1.92. The van der Waals surface area contributed by atoms with Crippen molar-refractivity contribution in [1.82, 2.24) is 0 Å². The Morgan fingerprint density at radius 2 is 1.74 bits per heavy atom. The molecule has 0 unspecified atom stereocenters. The van der Waals surface area contributed by atoms with E-state index >= 15 is 0 Å². The molecule has 0 fully saturated rings. The highest BCUT2D eigenvalue weighted by atomic mass is 35.5. The maximum absolute atomic E-state index is 12.2. The molecule has 7 heteroatoms. The van der Waals surface area contributed by atoms with Crippen molar-refractivity contribution in [2.75, 3.05) is 24.8 Å². The number of benzene rings is 2. The summed E-state index contributed by atoms with van der Waals surface area (Å²) in [6.45, 7) is 0.175. The van der Waals surface area contributed by atoms with Crippen molar-refractivity contribution < 1.29 is 17.9 Å². The Kier molecular flexibility index (Phi) is 5.38. The first-order valence-corrected chi connectivity index (χ1v) is 9.02. The number of sulfonamides is 1. The number of hydrogen-bond donors (Lipinski definition) is 0. The van der Waals surface area contributed by atoms with Gasteiger partial charge in [0.05, 0.1) is 32.7 Å². The van der Waals surface area contributed by atoms with Gasteiger partial charge in [0.25, 0.3) is 0 Å². The fourth-order valence-corrected chi connectivity index (χ4v) is 3.27. The lowest BCUT2D eigenvalue weighted by atomic mass is 10.2. The molecule has 2 rings (SSSR count). The van der Waals surface area contributed by atoms with Crippen molar-refractivity contribution in [2.45, 2.75) is 6.54 Å². The molecule has 23 heavy (non-hydrogen) atoms. The molecule has 2 aromatic rings. The SMILES string of the molecule is COc1ccc(N(Cc2cccc(Cl)c2)S(C)(=O)=O)cc1OC. The monoisotopic (exact) mass is 355 g/mol. The summed E-state index contributed by atoms with van der Waals surface area (Å²) in [5.74, 6) is 0.997. The molecular formula is C16H18ClNO4S. The van der Waals surface area contributed by atoms with Crippen LogP contribution in [0.1, 0.15) is 5.56 Å². The van der Waals surface area contributed by atoms with E-state index in [0.717, 1.165) is 11.8 Å². The first-order valence-electron chi connectivity index (χ1n) is 6.79. The molecule has 5 nitrogen and oxygen atoms in total. The van der Waals surface area contributed by atoms with Gasteiger partial charge in [-0.05, 0) is 29.8 Å². The van der Waals surface area contributed by atoms with E-state index in [1.165, 1.54) is 18.5 Å². The van der Waals surface area contributed by atoms with Crippen molar-refractivity contribution in [2.24, 2.45) is 0 Å². The fraction of sp³-hybridized carbons (Fsp3) is 0.250. The lowest BCUT2D eigenvalue weighted by Crippen LogP contribution is -2.29. The summed E-state index contributed by atoms with van der Waals surface area (Å²) in [6.07, 6.45) is 1.16. The molecule has 0 N–H and O–H groups in total. The van der Waals surface area contributed by atoms with E-state index in [1.54, 1.807) is 36.4 Å². The van der Waals surface area contributed by atoms with Gasteiger partial charge in [-0.25, -0.2) is 8.42 Å². The number of rotatable bonds is 6. The minimum atomic E-state index is -3.48. The molecule has 0 bridgehead atoms. The molecule has 2 aromatic carbocycles. The third-order valence-electron chi connectivity index (χ3n) is 3.27. The van der Waals surface area contributed by atoms with Gasteiger partial charge < -0.3 is 9.47 Å². The van der Waals surface area contributed by atoms with Crippen LogP contribution in [0.15, 0.2) is 42.5 Å². The molecule has 0 saturated carbocycles. The average Bonchev–Trinajstić information content (AvgIpc) is 2.51. The van der Waals surface area contributed by atoms with Gasteiger partial charge in [-0.3, -0.25) is 4.31 Å². The maximum Gasteiger partial charge on any atom is 0.232 e. The van der Waals surface area contributed by atoms with Crippen molar-refractivity contribution >= 4 is 27.3 Å². The number of hydrogen-bond acceptors (Lipinski definition) is 4. The standard InChI is InChI=1S/C16H18ClNO4S/c1-21-15-8-7-14(10-16(15)22-2)18(23(3,19)20)11-12-5-4-6-13(17)9-12/h4-10H,11H2,1-3H3. The number of nitrogens with zero attached hydrogens (tertiary/aromatic N) is 1. The highest BCUT2D eigenvalue weighted by Crippen LogP contribution is 2.33. The maximum atomic E-state index is 12.2. The lowest BCUT2D eigenvalue weighted by Gasteiger charge is -2.23. The van der Waals surface area contributed by atoms with Crippen molar-refractivity contribution in [3.8, 4) is 11.5 Å². The van der Waals surface area contributed by atoms with Gasteiger partial charge in [0, 0.05) is 11.1 Å². The third-order valence-corrected chi connectivity index (χ3v) is 4.65. The molecule has 0 radical (unpaired) electrons. The van der Waals surface area contributed by atoms with Crippen LogP contribution in [0, 0.1) is 0 Å². The molecule has 124 valence electrons. The molecule has 0 spiro atoms. The lowest BCUT2D eigenvalue weighted by molar-refractivity contribution is 0.355. The minimum Gasteiger partial charge on any atom is -0.493 e. The smallest absolute Gasteiger partial charge is 0.232 e.